The Labute approximate surface area is 305 Å². The highest BCUT2D eigenvalue weighted by atomic mass is 35.5. The molecule has 11 heteroatoms. The molecule has 0 bridgehead atoms. The molecular formula is C39H43Cl2N3O5S. The van der Waals surface area contributed by atoms with Crippen LogP contribution in [0.25, 0.3) is 0 Å². The predicted octanol–water partition coefficient (Wildman–Crippen LogP) is 7.98. The molecule has 50 heavy (non-hydrogen) atoms. The summed E-state index contributed by atoms with van der Waals surface area (Å²) in [6.07, 6.45) is 5.07. The van der Waals surface area contributed by atoms with E-state index in [0.29, 0.717) is 21.4 Å². The van der Waals surface area contributed by atoms with E-state index in [1.165, 1.54) is 17.0 Å². The number of halogens is 2. The molecule has 0 heterocycles. The highest BCUT2D eigenvalue weighted by molar-refractivity contribution is 7.92. The van der Waals surface area contributed by atoms with Crippen LogP contribution in [0.2, 0.25) is 10.0 Å². The average Bonchev–Trinajstić information content (AvgIpc) is 3.11. The molecule has 1 aliphatic carbocycles. The summed E-state index contributed by atoms with van der Waals surface area (Å²) in [6.45, 7) is 3.29. The summed E-state index contributed by atoms with van der Waals surface area (Å²) in [5, 5.41) is 3.97. The fourth-order valence-corrected chi connectivity index (χ4v) is 8.12. The summed E-state index contributed by atoms with van der Waals surface area (Å²) in [7, 11) is -4.29. The summed E-state index contributed by atoms with van der Waals surface area (Å²) in [5.41, 5.74) is 2.51. The zero-order chi connectivity index (χ0) is 35.7. The molecule has 8 nitrogen and oxygen atoms in total. The van der Waals surface area contributed by atoms with E-state index in [2.05, 4.69) is 5.32 Å². The topological polar surface area (TPSA) is 96.0 Å². The second kappa shape index (κ2) is 17.2. The summed E-state index contributed by atoms with van der Waals surface area (Å²) < 4.78 is 35.8. The van der Waals surface area contributed by atoms with Crippen LogP contribution in [0.4, 0.5) is 5.69 Å². The van der Waals surface area contributed by atoms with Crippen LogP contribution in [-0.2, 0) is 32.6 Å². The number of hydrogen-bond donors (Lipinski definition) is 1. The minimum absolute atomic E-state index is 0.0120. The first-order valence-corrected chi connectivity index (χ1v) is 19.2. The van der Waals surface area contributed by atoms with Gasteiger partial charge in [-0.25, -0.2) is 8.42 Å². The van der Waals surface area contributed by atoms with Crippen LogP contribution in [0.1, 0.15) is 55.7 Å². The van der Waals surface area contributed by atoms with E-state index in [1.807, 2.05) is 37.3 Å². The van der Waals surface area contributed by atoms with Crippen molar-refractivity contribution in [3.05, 3.63) is 124 Å². The third-order valence-electron chi connectivity index (χ3n) is 8.90. The lowest BCUT2D eigenvalue weighted by Gasteiger charge is -2.35. The number of amides is 2. The molecule has 0 spiro atoms. The van der Waals surface area contributed by atoms with E-state index in [1.54, 1.807) is 61.5 Å². The van der Waals surface area contributed by atoms with Gasteiger partial charge in [0.15, 0.2) is 0 Å². The summed E-state index contributed by atoms with van der Waals surface area (Å²) in [5.74, 6) is -0.582. The number of ether oxygens (including phenoxy) is 1. The van der Waals surface area contributed by atoms with Gasteiger partial charge in [0.2, 0.25) is 11.8 Å². The minimum Gasteiger partial charge on any atom is -0.492 e. The highest BCUT2D eigenvalue weighted by Crippen LogP contribution is 2.33. The van der Waals surface area contributed by atoms with Crippen molar-refractivity contribution in [1.82, 2.24) is 10.2 Å². The maximum absolute atomic E-state index is 14.9. The quantitative estimate of drug-likeness (QED) is 0.142. The molecule has 0 saturated heterocycles. The molecule has 5 rings (SSSR count). The first-order chi connectivity index (χ1) is 24.1. The molecule has 264 valence electrons. The number of hydrogen-bond acceptors (Lipinski definition) is 5. The fourth-order valence-electron chi connectivity index (χ4n) is 6.22. The van der Waals surface area contributed by atoms with E-state index in [-0.39, 0.29) is 42.1 Å². The van der Waals surface area contributed by atoms with Crippen molar-refractivity contribution >= 4 is 50.7 Å². The molecule has 4 aromatic rings. The monoisotopic (exact) mass is 735 g/mol. The smallest absolute Gasteiger partial charge is 0.264 e. The Morgan fingerprint density at radius 1 is 0.900 bits per heavy atom. The summed E-state index contributed by atoms with van der Waals surface area (Å²) in [4.78, 5) is 30.7. The maximum Gasteiger partial charge on any atom is 0.264 e. The van der Waals surface area contributed by atoms with E-state index >= 15 is 0 Å². The van der Waals surface area contributed by atoms with Gasteiger partial charge in [-0.2, -0.15) is 0 Å². The molecule has 0 unspecified atom stereocenters. The van der Waals surface area contributed by atoms with Crippen LogP contribution in [0.15, 0.2) is 102 Å². The second-order valence-corrected chi connectivity index (χ2v) is 15.2. The maximum atomic E-state index is 14.9. The van der Waals surface area contributed by atoms with E-state index in [4.69, 9.17) is 27.9 Å². The number of nitrogens with zero attached hydrogens (tertiary/aromatic N) is 2. The average molecular weight is 737 g/mol. The molecule has 1 fully saturated rings. The Bertz CT molecular complexity index is 1870. The van der Waals surface area contributed by atoms with Gasteiger partial charge in [-0.05, 0) is 74.2 Å². The lowest BCUT2D eigenvalue weighted by atomic mass is 9.94. The molecule has 0 radical (unpaired) electrons. The lowest BCUT2D eigenvalue weighted by Crippen LogP contribution is -2.55. The van der Waals surface area contributed by atoms with Gasteiger partial charge in [-0.3, -0.25) is 13.9 Å². The first kappa shape index (κ1) is 37.2. The number of rotatable bonds is 14. The van der Waals surface area contributed by atoms with Crippen LogP contribution >= 0.6 is 23.2 Å². The van der Waals surface area contributed by atoms with Gasteiger partial charge in [-0.15, -0.1) is 0 Å². The van der Waals surface area contributed by atoms with Gasteiger partial charge >= 0.3 is 0 Å². The number of carbonyl (C=O) groups is 2. The Morgan fingerprint density at radius 3 is 2.26 bits per heavy atom. The van der Waals surface area contributed by atoms with Gasteiger partial charge in [0.05, 0.1) is 17.2 Å². The second-order valence-electron chi connectivity index (χ2n) is 12.5. The molecule has 1 N–H and O–H groups in total. The molecule has 2 amide bonds. The van der Waals surface area contributed by atoms with Crippen molar-refractivity contribution in [2.24, 2.45) is 0 Å². The Hall–Kier alpha value is -4.05. The van der Waals surface area contributed by atoms with Crippen molar-refractivity contribution in [1.29, 1.82) is 0 Å². The zero-order valence-corrected chi connectivity index (χ0v) is 30.7. The Balaban J connectivity index is 1.61. The van der Waals surface area contributed by atoms with Crippen molar-refractivity contribution in [2.75, 3.05) is 17.5 Å². The third-order valence-corrected chi connectivity index (χ3v) is 11.3. The molecule has 0 aliphatic heterocycles. The van der Waals surface area contributed by atoms with E-state index < -0.39 is 28.5 Å². The molecule has 4 aromatic carbocycles. The molecule has 0 aromatic heterocycles. The molecule has 1 aliphatic rings. The lowest BCUT2D eigenvalue weighted by molar-refractivity contribution is -0.140. The third kappa shape index (κ3) is 9.38. The van der Waals surface area contributed by atoms with E-state index in [0.717, 1.165) is 47.5 Å². The van der Waals surface area contributed by atoms with Crippen LogP contribution in [-0.4, -0.2) is 50.4 Å². The SMILES string of the molecule is CCOc1ccccc1N(CC(=O)N(Cc1ccc(Cl)cc1Cl)[C@@H](Cc1ccccc1)C(=O)NC1CCCCC1)S(=O)(=O)c1ccc(C)cc1. The van der Waals surface area contributed by atoms with Crippen LogP contribution < -0.4 is 14.4 Å². The van der Waals surface area contributed by atoms with Crippen LogP contribution in [0.5, 0.6) is 5.75 Å². The zero-order valence-electron chi connectivity index (χ0n) is 28.4. The number of para-hydroxylation sites is 2. The van der Waals surface area contributed by atoms with Crippen molar-refractivity contribution < 1.29 is 22.7 Å². The Morgan fingerprint density at radius 2 is 1.58 bits per heavy atom. The van der Waals surface area contributed by atoms with Gasteiger partial charge < -0.3 is 15.0 Å². The Kier molecular flexibility index (Phi) is 12.8. The fraction of sp³-hybridized carbons (Fsp3) is 0.333. The number of aryl methyl sites for hydroxylation is 1. The normalized spacial score (nSPS) is 14.1. The van der Waals surface area contributed by atoms with Gasteiger partial charge in [0, 0.05) is 29.1 Å². The van der Waals surface area contributed by atoms with Crippen LogP contribution in [0, 0.1) is 6.92 Å². The first-order valence-electron chi connectivity index (χ1n) is 17.0. The largest absolute Gasteiger partial charge is 0.492 e. The predicted molar refractivity (Wildman–Crippen MR) is 199 cm³/mol. The van der Waals surface area contributed by atoms with Gasteiger partial charge in [-0.1, -0.05) is 109 Å². The standard InChI is InChI=1S/C39H43Cl2N3O5S/c1-3-49-37-17-11-10-16-35(37)44(50(47,48)33-22-18-28(2)19-23-33)27-38(45)43(26-30-20-21-31(40)25-34(30)41)36(24-29-12-6-4-7-13-29)39(46)42-32-14-8-5-9-15-32/h4,6-7,10-13,16-23,25,32,36H,3,5,8-9,14-15,24,26-27H2,1-2H3,(H,42,46)/t36-/m0/s1. The minimum atomic E-state index is -4.29. The number of benzene rings is 4. The van der Waals surface area contributed by atoms with E-state index in [9.17, 15) is 18.0 Å². The molecule has 1 atom stereocenters. The molecule has 1 saturated carbocycles. The van der Waals surface area contributed by atoms with Gasteiger partial charge in [0.1, 0.15) is 18.3 Å². The summed E-state index contributed by atoms with van der Waals surface area (Å²) in [6, 6.07) is 26.6. The van der Waals surface area contributed by atoms with Crippen molar-refractivity contribution in [3.8, 4) is 5.75 Å². The van der Waals surface area contributed by atoms with Gasteiger partial charge in [0.25, 0.3) is 10.0 Å². The summed E-state index contributed by atoms with van der Waals surface area (Å²) >= 11 is 12.9. The number of carbonyl (C=O) groups excluding carboxylic acids is 2. The number of sulfonamides is 1. The van der Waals surface area contributed by atoms with Crippen molar-refractivity contribution in [3.63, 3.8) is 0 Å². The number of nitrogens with one attached hydrogen (secondary N) is 1. The van der Waals surface area contributed by atoms with Crippen molar-refractivity contribution in [2.45, 2.75) is 75.9 Å². The highest BCUT2D eigenvalue weighted by Gasteiger charge is 2.36. The molecular weight excluding hydrogens is 693 g/mol. The van der Waals surface area contributed by atoms with Crippen LogP contribution in [0.3, 0.4) is 0 Å². The number of anilines is 1.